The van der Waals surface area contributed by atoms with Crippen molar-refractivity contribution >= 4 is 11.8 Å². The van der Waals surface area contributed by atoms with Gasteiger partial charge < -0.3 is 10.2 Å². The van der Waals surface area contributed by atoms with Crippen LogP contribution in [0.2, 0.25) is 0 Å². The molecule has 1 N–H and O–H groups in total. The lowest BCUT2D eigenvalue weighted by Crippen LogP contribution is -2.69. The number of amides is 2. The highest BCUT2D eigenvalue weighted by Crippen LogP contribution is 2.35. The molecule has 1 aromatic rings. The van der Waals surface area contributed by atoms with Gasteiger partial charge in [0.25, 0.3) is 0 Å². The van der Waals surface area contributed by atoms with Gasteiger partial charge in [-0.05, 0) is 30.9 Å². The molecule has 0 aromatic carbocycles. The standard InChI is InChI=1S/C16H21N3O2/c1-2-13-14(20)18-16(7-3-4-8-16)15(21)19(13)11-12-6-5-9-17-10-12/h5-6,9-10,13H,2-4,7-8,11H2,1H3,(H,18,20). The maximum Gasteiger partial charge on any atom is 0.249 e. The molecule has 1 saturated heterocycles. The molecule has 3 rings (SSSR count). The van der Waals surface area contributed by atoms with E-state index >= 15 is 0 Å². The predicted octanol–water partition coefficient (Wildman–Crippen LogP) is 1.63. The van der Waals surface area contributed by atoms with Gasteiger partial charge in [-0.15, -0.1) is 0 Å². The first kappa shape index (κ1) is 14.0. The van der Waals surface area contributed by atoms with E-state index in [0.29, 0.717) is 13.0 Å². The van der Waals surface area contributed by atoms with Crippen LogP contribution < -0.4 is 5.32 Å². The summed E-state index contributed by atoms with van der Waals surface area (Å²) in [6.45, 7) is 2.40. The van der Waals surface area contributed by atoms with Gasteiger partial charge in [-0.25, -0.2) is 0 Å². The zero-order chi connectivity index (χ0) is 14.9. The number of carbonyl (C=O) groups is 2. The molecule has 1 atom stereocenters. The number of piperazine rings is 1. The van der Waals surface area contributed by atoms with Gasteiger partial charge in [0.1, 0.15) is 11.6 Å². The second kappa shape index (κ2) is 5.47. The zero-order valence-electron chi connectivity index (χ0n) is 12.3. The highest BCUT2D eigenvalue weighted by molar-refractivity contribution is 6.00. The third-order valence-corrected chi connectivity index (χ3v) is 4.63. The van der Waals surface area contributed by atoms with Crippen LogP contribution in [0.4, 0.5) is 0 Å². The molecule has 2 heterocycles. The highest BCUT2D eigenvalue weighted by Gasteiger charge is 2.51. The molecule has 0 radical (unpaired) electrons. The van der Waals surface area contributed by atoms with Crippen molar-refractivity contribution in [3.05, 3.63) is 30.1 Å². The van der Waals surface area contributed by atoms with E-state index in [9.17, 15) is 9.59 Å². The Morgan fingerprint density at radius 1 is 1.38 bits per heavy atom. The van der Waals surface area contributed by atoms with E-state index in [-0.39, 0.29) is 17.9 Å². The summed E-state index contributed by atoms with van der Waals surface area (Å²) in [7, 11) is 0. The predicted molar refractivity (Wildman–Crippen MR) is 78.2 cm³/mol. The summed E-state index contributed by atoms with van der Waals surface area (Å²) in [6, 6.07) is 3.43. The molecule has 1 unspecified atom stereocenters. The number of rotatable bonds is 3. The fraction of sp³-hybridized carbons (Fsp3) is 0.562. The first-order valence-corrected chi connectivity index (χ1v) is 7.68. The first-order valence-electron chi connectivity index (χ1n) is 7.68. The molecule has 0 bridgehead atoms. The quantitative estimate of drug-likeness (QED) is 0.919. The van der Waals surface area contributed by atoms with Crippen molar-refractivity contribution in [2.45, 2.75) is 57.2 Å². The van der Waals surface area contributed by atoms with Crippen molar-refractivity contribution in [2.24, 2.45) is 0 Å². The lowest BCUT2D eigenvalue weighted by molar-refractivity contribution is -0.155. The Bertz CT molecular complexity index is 538. The van der Waals surface area contributed by atoms with Gasteiger partial charge >= 0.3 is 0 Å². The number of nitrogens with one attached hydrogen (secondary N) is 1. The third-order valence-electron chi connectivity index (χ3n) is 4.63. The van der Waals surface area contributed by atoms with E-state index < -0.39 is 5.54 Å². The number of pyridine rings is 1. The van der Waals surface area contributed by atoms with E-state index in [1.807, 2.05) is 19.1 Å². The van der Waals surface area contributed by atoms with Crippen LogP contribution in [0, 0.1) is 0 Å². The summed E-state index contributed by atoms with van der Waals surface area (Å²) in [4.78, 5) is 31.2. The van der Waals surface area contributed by atoms with Gasteiger partial charge in [-0.3, -0.25) is 14.6 Å². The highest BCUT2D eigenvalue weighted by atomic mass is 16.2. The van der Waals surface area contributed by atoms with Gasteiger partial charge in [0.05, 0.1) is 0 Å². The Morgan fingerprint density at radius 3 is 2.76 bits per heavy atom. The summed E-state index contributed by atoms with van der Waals surface area (Å²) >= 11 is 0. The van der Waals surface area contributed by atoms with E-state index in [1.165, 1.54) is 0 Å². The minimum absolute atomic E-state index is 0.0112. The van der Waals surface area contributed by atoms with Gasteiger partial charge in [0, 0.05) is 18.9 Å². The zero-order valence-corrected chi connectivity index (χ0v) is 12.3. The molecule has 2 fully saturated rings. The van der Waals surface area contributed by atoms with Crippen molar-refractivity contribution in [1.82, 2.24) is 15.2 Å². The fourth-order valence-electron chi connectivity index (χ4n) is 3.52. The molecular formula is C16H21N3O2. The van der Waals surface area contributed by atoms with Crippen molar-refractivity contribution in [3.8, 4) is 0 Å². The Balaban J connectivity index is 1.89. The summed E-state index contributed by atoms with van der Waals surface area (Å²) in [5, 5.41) is 3.01. The van der Waals surface area contributed by atoms with Gasteiger partial charge in [-0.1, -0.05) is 25.8 Å². The number of hydrogen-bond donors (Lipinski definition) is 1. The lowest BCUT2D eigenvalue weighted by Gasteiger charge is -2.44. The molecule has 5 heteroatoms. The average molecular weight is 287 g/mol. The van der Waals surface area contributed by atoms with Crippen molar-refractivity contribution in [3.63, 3.8) is 0 Å². The van der Waals surface area contributed by atoms with Crippen molar-refractivity contribution in [1.29, 1.82) is 0 Å². The normalized spacial score (nSPS) is 24.4. The Labute approximate surface area is 124 Å². The van der Waals surface area contributed by atoms with E-state index in [4.69, 9.17) is 0 Å². The topological polar surface area (TPSA) is 62.3 Å². The molecular weight excluding hydrogens is 266 g/mol. The van der Waals surface area contributed by atoms with Crippen LogP contribution in [0.25, 0.3) is 0 Å². The van der Waals surface area contributed by atoms with Crippen LogP contribution in [-0.4, -0.2) is 33.3 Å². The minimum Gasteiger partial charge on any atom is -0.340 e. The molecule has 2 amide bonds. The van der Waals surface area contributed by atoms with E-state index in [2.05, 4.69) is 10.3 Å². The Morgan fingerprint density at radius 2 is 2.14 bits per heavy atom. The summed E-state index contributed by atoms with van der Waals surface area (Å²) in [6.07, 6.45) is 7.63. The average Bonchev–Trinajstić information content (AvgIpc) is 2.95. The molecule has 112 valence electrons. The molecule has 1 aromatic heterocycles. The van der Waals surface area contributed by atoms with E-state index in [0.717, 1.165) is 31.2 Å². The fourth-order valence-corrected chi connectivity index (χ4v) is 3.52. The Hall–Kier alpha value is -1.91. The van der Waals surface area contributed by atoms with Crippen molar-refractivity contribution < 1.29 is 9.59 Å². The van der Waals surface area contributed by atoms with Crippen LogP contribution in [-0.2, 0) is 16.1 Å². The molecule has 2 aliphatic rings. The molecule has 1 aliphatic heterocycles. The van der Waals surface area contributed by atoms with Crippen LogP contribution in [0.15, 0.2) is 24.5 Å². The lowest BCUT2D eigenvalue weighted by atomic mass is 9.90. The van der Waals surface area contributed by atoms with Gasteiger partial charge in [0.15, 0.2) is 0 Å². The largest absolute Gasteiger partial charge is 0.340 e. The number of nitrogens with zero attached hydrogens (tertiary/aromatic N) is 2. The summed E-state index contributed by atoms with van der Waals surface area (Å²) in [5.74, 6) is 0.0678. The van der Waals surface area contributed by atoms with Crippen molar-refractivity contribution in [2.75, 3.05) is 0 Å². The maximum atomic E-state index is 13.0. The van der Waals surface area contributed by atoms with Crippen LogP contribution in [0.1, 0.15) is 44.6 Å². The second-order valence-corrected chi connectivity index (χ2v) is 6.00. The van der Waals surface area contributed by atoms with Crippen LogP contribution in [0.3, 0.4) is 0 Å². The molecule has 5 nitrogen and oxygen atoms in total. The number of hydrogen-bond acceptors (Lipinski definition) is 3. The van der Waals surface area contributed by atoms with Crippen LogP contribution >= 0.6 is 0 Å². The maximum absolute atomic E-state index is 13.0. The third kappa shape index (κ3) is 2.41. The SMILES string of the molecule is CCC1C(=O)NC2(CCCC2)C(=O)N1Cc1cccnc1. The van der Waals surface area contributed by atoms with Gasteiger partial charge in [-0.2, -0.15) is 0 Å². The molecule has 1 aliphatic carbocycles. The Kier molecular flexibility index (Phi) is 3.66. The smallest absolute Gasteiger partial charge is 0.249 e. The first-order chi connectivity index (χ1) is 10.2. The minimum atomic E-state index is -0.648. The molecule has 1 spiro atoms. The number of aromatic nitrogens is 1. The summed E-state index contributed by atoms with van der Waals surface area (Å²) < 4.78 is 0. The summed E-state index contributed by atoms with van der Waals surface area (Å²) in [5.41, 5.74) is 0.317. The monoisotopic (exact) mass is 287 g/mol. The molecule has 21 heavy (non-hydrogen) atoms. The van der Waals surface area contributed by atoms with Gasteiger partial charge in [0.2, 0.25) is 11.8 Å². The second-order valence-electron chi connectivity index (χ2n) is 6.00. The number of carbonyl (C=O) groups excluding carboxylic acids is 2. The molecule has 1 saturated carbocycles. The van der Waals surface area contributed by atoms with Crippen LogP contribution in [0.5, 0.6) is 0 Å². The van der Waals surface area contributed by atoms with E-state index in [1.54, 1.807) is 17.3 Å².